The standard InChI is InChI=1S/C49H61NO18/c1-29(51)50-41-37(64-31(3)53)23-49(48(57)59-7,68-45(41)43(66-33(5)55)39(65-32(4)54)28-61-30(2)52)46(56)40-42(62-25-35-19-13-9-14-20-35)38(27-60-24-34-17-11-8-12-18-34)67-47(58-6)44(40)63-26-36-21-15-10-16-22-36/h8-22,37-47,56H,23-28H2,1-7H3,(H,50,51)/t37-,38+,39+,40-,41+,42+,43+,44+,45+,46-,47-,49-/m0/s1. The Labute approximate surface area is 394 Å². The van der Waals surface area contributed by atoms with Crippen molar-refractivity contribution >= 4 is 35.8 Å². The SMILES string of the molecule is COC(=O)[C@@]1([C@@H](O)[C@@H]2[C@@H](OCc3ccccc3)[C@@H](OC)O[C@H](COCc3ccccc3)[C@H]2OCc2ccccc2)C[C@H](OC(C)=O)[C@@H](NC(C)=O)[C@H]([C@H](OC(C)=O)[C@@H](COC(C)=O)OC(C)=O)O1. The molecule has 3 aromatic carbocycles. The number of aliphatic hydroxyl groups is 1. The smallest absolute Gasteiger partial charge is 0.341 e. The van der Waals surface area contributed by atoms with Gasteiger partial charge in [-0.05, 0) is 16.7 Å². The minimum absolute atomic E-state index is 0.0412. The lowest BCUT2D eigenvalue weighted by atomic mass is 9.72. The van der Waals surface area contributed by atoms with Gasteiger partial charge in [-0.15, -0.1) is 0 Å². The molecule has 0 radical (unpaired) electrons. The van der Waals surface area contributed by atoms with E-state index in [0.717, 1.165) is 58.4 Å². The van der Waals surface area contributed by atoms with Crippen LogP contribution in [-0.4, -0.2) is 135 Å². The first-order valence-corrected chi connectivity index (χ1v) is 22.0. The highest BCUT2D eigenvalue weighted by Gasteiger charge is 2.65. The van der Waals surface area contributed by atoms with E-state index in [-0.39, 0.29) is 26.4 Å². The molecule has 2 aliphatic heterocycles. The van der Waals surface area contributed by atoms with Gasteiger partial charge in [0.15, 0.2) is 24.1 Å². The lowest BCUT2D eigenvalue weighted by Crippen LogP contribution is -2.74. The van der Waals surface area contributed by atoms with Gasteiger partial charge in [0, 0.05) is 54.1 Å². The third-order valence-corrected chi connectivity index (χ3v) is 11.3. The third kappa shape index (κ3) is 14.4. The van der Waals surface area contributed by atoms with E-state index in [1.54, 1.807) is 0 Å². The fourth-order valence-electron chi connectivity index (χ4n) is 8.53. The highest BCUT2D eigenvalue weighted by Crippen LogP contribution is 2.45. The van der Waals surface area contributed by atoms with Crippen LogP contribution >= 0.6 is 0 Å². The molecular formula is C49H61NO18. The van der Waals surface area contributed by atoms with Gasteiger partial charge in [-0.1, -0.05) is 91.0 Å². The first-order valence-electron chi connectivity index (χ1n) is 22.0. The van der Waals surface area contributed by atoms with Crippen LogP contribution in [0.25, 0.3) is 0 Å². The van der Waals surface area contributed by atoms with Crippen molar-refractivity contribution in [1.29, 1.82) is 0 Å². The van der Waals surface area contributed by atoms with Crippen LogP contribution in [0, 0.1) is 5.92 Å². The van der Waals surface area contributed by atoms with Crippen molar-refractivity contribution in [2.75, 3.05) is 27.4 Å². The van der Waals surface area contributed by atoms with E-state index in [1.807, 2.05) is 91.0 Å². The first-order chi connectivity index (χ1) is 32.6. The molecule has 19 nitrogen and oxygen atoms in total. The van der Waals surface area contributed by atoms with E-state index in [1.165, 1.54) is 7.11 Å². The molecule has 68 heavy (non-hydrogen) atoms. The second-order valence-electron chi connectivity index (χ2n) is 16.4. The van der Waals surface area contributed by atoms with Gasteiger partial charge in [0.05, 0.1) is 45.7 Å². The van der Waals surface area contributed by atoms with Gasteiger partial charge in [0.2, 0.25) is 5.91 Å². The Morgan fingerprint density at radius 1 is 0.721 bits per heavy atom. The Morgan fingerprint density at radius 3 is 1.75 bits per heavy atom. The average Bonchev–Trinajstić information content (AvgIpc) is 3.31. The van der Waals surface area contributed by atoms with Gasteiger partial charge >= 0.3 is 29.8 Å². The summed E-state index contributed by atoms with van der Waals surface area (Å²) in [5.74, 6) is -6.85. The number of ether oxygens (including phenoxy) is 11. The second kappa shape index (κ2) is 25.5. The van der Waals surface area contributed by atoms with E-state index in [9.17, 15) is 33.9 Å². The Hall–Kier alpha value is -5.80. The molecule has 2 heterocycles. The van der Waals surface area contributed by atoms with Crippen LogP contribution in [0.5, 0.6) is 0 Å². The molecule has 12 atom stereocenters. The number of esters is 5. The molecule has 2 aliphatic rings. The van der Waals surface area contributed by atoms with Crippen LogP contribution in [0.2, 0.25) is 0 Å². The van der Waals surface area contributed by atoms with Crippen LogP contribution in [0.15, 0.2) is 91.0 Å². The zero-order valence-electron chi connectivity index (χ0n) is 39.1. The lowest BCUT2D eigenvalue weighted by Gasteiger charge is -2.54. The molecule has 370 valence electrons. The summed E-state index contributed by atoms with van der Waals surface area (Å²) in [6.07, 6.45) is -14.5. The average molecular weight is 952 g/mol. The number of carbonyl (C=O) groups excluding carboxylic acids is 6. The zero-order valence-corrected chi connectivity index (χ0v) is 39.1. The third-order valence-electron chi connectivity index (χ3n) is 11.3. The van der Waals surface area contributed by atoms with E-state index in [4.69, 9.17) is 52.1 Å². The number of hydrogen-bond donors (Lipinski definition) is 2. The summed E-state index contributed by atoms with van der Waals surface area (Å²) in [6, 6.07) is 26.1. The summed E-state index contributed by atoms with van der Waals surface area (Å²) in [7, 11) is 2.41. The molecular weight excluding hydrogens is 891 g/mol. The maximum Gasteiger partial charge on any atom is 0.341 e. The van der Waals surface area contributed by atoms with Crippen LogP contribution < -0.4 is 5.32 Å². The summed E-state index contributed by atoms with van der Waals surface area (Å²) < 4.78 is 66.8. The highest BCUT2D eigenvalue weighted by molar-refractivity contribution is 5.81. The topological polar surface area (TPSA) is 236 Å². The monoisotopic (exact) mass is 951 g/mol. The zero-order chi connectivity index (χ0) is 49.4. The molecule has 0 bridgehead atoms. The molecule has 19 heteroatoms. The van der Waals surface area contributed by atoms with Crippen molar-refractivity contribution in [3.8, 4) is 0 Å². The molecule has 2 fully saturated rings. The van der Waals surface area contributed by atoms with Gasteiger partial charge in [-0.25, -0.2) is 4.79 Å². The second-order valence-corrected chi connectivity index (χ2v) is 16.4. The van der Waals surface area contributed by atoms with Crippen molar-refractivity contribution in [2.24, 2.45) is 5.92 Å². The number of methoxy groups -OCH3 is 2. The summed E-state index contributed by atoms with van der Waals surface area (Å²) in [4.78, 5) is 78.6. The number of hydrogen-bond acceptors (Lipinski definition) is 18. The van der Waals surface area contributed by atoms with Crippen LogP contribution in [0.1, 0.15) is 57.7 Å². The van der Waals surface area contributed by atoms with E-state index < -0.39 is 121 Å². The van der Waals surface area contributed by atoms with E-state index >= 15 is 0 Å². The molecule has 0 aliphatic carbocycles. The van der Waals surface area contributed by atoms with E-state index in [0.29, 0.717) is 0 Å². The quantitative estimate of drug-likeness (QED) is 0.109. The fraction of sp³-hybridized carbons (Fsp3) is 0.510. The predicted molar refractivity (Wildman–Crippen MR) is 236 cm³/mol. The van der Waals surface area contributed by atoms with Crippen molar-refractivity contribution < 1.29 is 86.0 Å². The predicted octanol–water partition coefficient (Wildman–Crippen LogP) is 3.29. The maximum absolute atomic E-state index is 14.9. The van der Waals surface area contributed by atoms with Crippen molar-refractivity contribution in [1.82, 2.24) is 5.32 Å². The van der Waals surface area contributed by atoms with Gasteiger partial charge in [0.25, 0.3) is 0 Å². The van der Waals surface area contributed by atoms with Crippen LogP contribution in [0.4, 0.5) is 0 Å². The summed E-state index contributed by atoms with van der Waals surface area (Å²) in [5.41, 5.74) is -0.329. The van der Waals surface area contributed by atoms with Crippen LogP contribution in [0.3, 0.4) is 0 Å². The number of carbonyl (C=O) groups is 6. The molecule has 2 saturated heterocycles. The molecule has 3 aromatic rings. The summed E-state index contributed by atoms with van der Waals surface area (Å²) in [5, 5.41) is 16.1. The minimum Gasteiger partial charge on any atom is -0.467 e. The van der Waals surface area contributed by atoms with Crippen molar-refractivity contribution in [2.45, 2.75) is 128 Å². The molecule has 0 unspecified atom stereocenters. The Bertz CT molecular complexity index is 2110. The normalized spacial score (nSPS) is 25.9. The Balaban J connectivity index is 1.74. The van der Waals surface area contributed by atoms with Crippen LogP contribution in [-0.2, 0) is 101 Å². The molecule has 0 aromatic heterocycles. The van der Waals surface area contributed by atoms with Gasteiger partial charge in [-0.3, -0.25) is 24.0 Å². The van der Waals surface area contributed by atoms with Gasteiger partial charge in [-0.2, -0.15) is 0 Å². The van der Waals surface area contributed by atoms with Gasteiger partial charge in [0.1, 0.15) is 37.1 Å². The highest BCUT2D eigenvalue weighted by atomic mass is 16.7. The Kier molecular flexibility index (Phi) is 20.0. The summed E-state index contributed by atoms with van der Waals surface area (Å²) in [6.45, 7) is 4.62. The molecule has 1 amide bonds. The molecule has 5 rings (SSSR count). The van der Waals surface area contributed by atoms with Gasteiger partial charge < -0.3 is 62.5 Å². The largest absolute Gasteiger partial charge is 0.467 e. The van der Waals surface area contributed by atoms with E-state index in [2.05, 4.69) is 5.32 Å². The number of benzene rings is 3. The molecule has 2 N–H and O–H groups in total. The lowest BCUT2D eigenvalue weighted by molar-refractivity contribution is -0.331. The summed E-state index contributed by atoms with van der Waals surface area (Å²) >= 11 is 0. The van der Waals surface area contributed by atoms with Crippen molar-refractivity contribution in [3.63, 3.8) is 0 Å². The Morgan fingerprint density at radius 2 is 1.26 bits per heavy atom. The number of nitrogens with one attached hydrogen (secondary N) is 1. The molecule has 0 saturated carbocycles. The van der Waals surface area contributed by atoms with Crippen molar-refractivity contribution in [3.05, 3.63) is 108 Å². The fourth-order valence-corrected chi connectivity index (χ4v) is 8.53. The maximum atomic E-state index is 14.9. The molecule has 0 spiro atoms. The minimum atomic E-state index is -2.65. The number of amides is 1. The first kappa shape index (κ1) is 53.2. The number of aliphatic hydroxyl groups excluding tert-OH is 1. The number of rotatable bonds is 22.